The summed E-state index contributed by atoms with van der Waals surface area (Å²) < 4.78 is 8.56. The van der Waals surface area contributed by atoms with Gasteiger partial charge in [-0.15, -0.1) is 0 Å². The van der Waals surface area contributed by atoms with Crippen LogP contribution in [0.25, 0.3) is 60.3 Å². The summed E-state index contributed by atoms with van der Waals surface area (Å²) in [5.41, 5.74) is 6.08. The van der Waals surface area contributed by atoms with Crippen molar-refractivity contribution in [3.8, 4) is 5.69 Å². The van der Waals surface area contributed by atoms with Crippen LogP contribution in [0.2, 0.25) is 0 Å². The molecule has 0 N–H and O–H groups in total. The lowest BCUT2D eigenvalue weighted by atomic mass is 10.1. The van der Waals surface area contributed by atoms with E-state index in [0.29, 0.717) is 0 Å². The Bertz CT molecular complexity index is 1740. The number of furan rings is 1. The molecule has 3 heteroatoms. The third kappa shape index (κ3) is 2.01. The zero-order chi connectivity index (χ0) is 19.7. The van der Waals surface area contributed by atoms with Gasteiger partial charge < -0.3 is 8.98 Å². The van der Waals surface area contributed by atoms with Gasteiger partial charge in [-0.2, -0.15) is 0 Å². The number of aromatic nitrogens is 2. The maximum atomic E-state index is 6.23. The lowest BCUT2D eigenvalue weighted by molar-refractivity contribution is 0.669. The largest absolute Gasteiger partial charge is 0.456 e. The number of fused-ring (bicyclic) bond motifs is 3. The van der Waals surface area contributed by atoms with Crippen LogP contribution in [-0.2, 0) is 0 Å². The van der Waals surface area contributed by atoms with Crippen LogP contribution >= 0.6 is 0 Å². The molecule has 0 saturated heterocycles. The SMILES string of the molecule is c1ccc(-n2c3cc4ccccc4cc3c3nccc4oc5cccc2c5c43)cc1. The van der Waals surface area contributed by atoms with Gasteiger partial charge in [-0.1, -0.05) is 48.5 Å². The molecule has 0 amide bonds. The number of hydrogen-bond acceptors (Lipinski definition) is 2. The highest BCUT2D eigenvalue weighted by molar-refractivity contribution is 6.25. The molecule has 30 heavy (non-hydrogen) atoms. The van der Waals surface area contributed by atoms with Gasteiger partial charge in [0.2, 0.25) is 0 Å². The highest BCUT2D eigenvalue weighted by Gasteiger charge is 2.18. The summed E-state index contributed by atoms with van der Waals surface area (Å²) in [5, 5.41) is 5.72. The Morgan fingerprint density at radius 2 is 1.40 bits per heavy atom. The van der Waals surface area contributed by atoms with Crippen LogP contribution in [-0.4, -0.2) is 9.55 Å². The van der Waals surface area contributed by atoms with Crippen molar-refractivity contribution < 1.29 is 4.42 Å². The monoisotopic (exact) mass is 384 g/mol. The lowest BCUT2D eigenvalue weighted by Crippen LogP contribution is -1.96. The summed E-state index contributed by atoms with van der Waals surface area (Å²) in [6, 6.07) is 31.8. The second-order valence-electron chi connectivity index (χ2n) is 7.67. The van der Waals surface area contributed by atoms with Crippen molar-refractivity contribution in [1.82, 2.24) is 9.55 Å². The number of benzene rings is 4. The van der Waals surface area contributed by atoms with Gasteiger partial charge in [-0.05, 0) is 53.2 Å². The van der Waals surface area contributed by atoms with Crippen molar-refractivity contribution in [3.63, 3.8) is 0 Å². The molecular weight excluding hydrogens is 368 g/mol. The van der Waals surface area contributed by atoms with Crippen molar-refractivity contribution in [2.24, 2.45) is 0 Å². The first-order valence-electron chi connectivity index (χ1n) is 10.1. The fourth-order valence-corrected chi connectivity index (χ4v) is 4.72. The first kappa shape index (κ1) is 15.8. The second-order valence-corrected chi connectivity index (χ2v) is 7.67. The van der Waals surface area contributed by atoms with Crippen LogP contribution < -0.4 is 0 Å². The van der Waals surface area contributed by atoms with E-state index in [9.17, 15) is 0 Å². The molecule has 0 aliphatic carbocycles. The number of para-hydroxylation sites is 1. The molecule has 0 bridgehead atoms. The van der Waals surface area contributed by atoms with Gasteiger partial charge in [0.1, 0.15) is 11.2 Å². The Morgan fingerprint density at radius 1 is 0.633 bits per heavy atom. The minimum Gasteiger partial charge on any atom is -0.456 e. The maximum Gasteiger partial charge on any atom is 0.139 e. The molecule has 0 unspecified atom stereocenters. The average Bonchev–Trinajstić information content (AvgIpc) is 3.13. The summed E-state index contributed by atoms with van der Waals surface area (Å²) in [7, 11) is 0. The standard InChI is InChI=1S/C27H16N2O/c1-2-9-19(10-3-1)29-21-11-6-12-23-25(21)26-24(30-23)13-14-28-27(26)20-15-17-7-4-5-8-18(17)16-22(20)29/h1-16H. The minimum absolute atomic E-state index is 0.872. The maximum absolute atomic E-state index is 6.23. The number of hydrogen-bond donors (Lipinski definition) is 0. The molecule has 7 aromatic rings. The summed E-state index contributed by atoms with van der Waals surface area (Å²) in [6.07, 6.45) is 1.84. The molecule has 0 spiro atoms. The van der Waals surface area contributed by atoms with Gasteiger partial charge in [0, 0.05) is 17.3 Å². The Hall–Kier alpha value is -4.11. The molecule has 0 aliphatic rings. The smallest absolute Gasteiger partial charge is 0.139 e. The Balaban J connectivity index is 1.90. The van der Waals surface area contributed by atoms with E-state index < -0.39 is 0 Å². The normalized spacial score (nSPS) is 12.0. The number of pyridine rings is 1. The van der Waals surface area contributed by atoms with E-state index in [1.807, 2.05) is 18.3 Å². The molecule has 3 aromatic heterocycles. The summed E-state index contributed by atoms with van der Waals surface area (Å²) in [6.45, 7) is 0. The van der Waals surface area contributed by atoms with E-state index in [0.717, 1.165) is 49.6 Å². The van der Waals surface area contributed by atoms with E-state index in [1.165, 1.54) is 10.8 Å². The first-order chi connectivity index (χ1) is 14.9. The molecule has 140 valence electrons. The lowest BCUT2D eigenvalue weighted by Gasteiger charge is -2.12. The van der Waals surface area contributed by atoms with Crippen LogP contribution in [0.1, 0.15) is 0 Å². The molecule has 7 rings (SSSR count). The minimum atomic E-state index is 0.872. The number of rotatable bonds is 1. The van der Waals surface area contributed by atoms with Gasteiger partial charge in [0.05, 0.1) is 27.3 Å². The quantitative estimate of drug-likeness (QED) is 0.299. The van der Waals surface area contributed by atoms with E-state index in [4.69, 9.17) is 9.40 Å². The third-order valence-electron chi connectivity index (χ3n) is 6.00. The Labute approximate surface area is 171 Å². The molecule has 4 aromatic carbocycles. The molecule has 0 fully saturated rings. The average molecular weight is 384 g/mol. The van der Waals surface area contributed by atoms with E-state index in [2.05, 4.69) is 83.4 Å². The number of nitrogens with zero attached hydrogens (tertiary/aromatic N) is 2. The van der Waals surface area contributed by atoms with Gasteiger partial charge in [0.25, 0.3) is 0 Å². The molecule has 3 heterocycles. The van der Waals surface area contributed by atoms with Gasteiger partial charge in [0.15, 0.2) is 0 Å². The fourth-order valence-electron chi connectivity index (χ4n) is 4.72. The summed E-state index contributed by atoms with van der Waals surface area (Å²) in [5.74, 6) is 0. The van der Waals surface area contributed by atoms with Crippen LogP contribution in [0.3, 0.4) is 0 Å². The van der Waals surface area contributed by atoms with Gasteiger partial charge >= 0.3 is 0 Å². The van der Waals surface area contributed by atoms with Crippen molar-refractivity contribution in [1.29, 1.82) is 0 Å². The molecule has 0 radical (unpaired) electrons. The predicted octanol–water partition coefficient (Wildman–Crippen LogP) is 7.23. The molecule has 0 aliphatic heterocycles. The third-order valence-corrected chi connectivity index (χ3v) is 6.00. The predicted molar refractivity (Wildman–Crippen MR) is 123 cm³/mol. The van der Waals surface area contributed by atoms with E-state index in [1.54, 1.807) is 0 Å². The van der Waals surface area contributed by atoms with Crippen molar-refractivity contribution in [2.45, 2.75) is 0 Å². The van der Waals surface area contributed by atoms with Crippen molar-refractivity contribution in [2.75, 3.05) is 0 Å². The molecule has 3 nitrogen and oxygen atoms in total. The van der Waals surface area contributed by atoms with Gasteiger partial charge in [-0.25, -0.2) is 0 Å². The second kappa shape index (κ2) is 5.71. The van der Waals surface area contributed by atoms with Crippen LogP contribution in [0, 0.1) is 0 Å². The summed E-state index contributed by atoms with van der Waals surface area (Å²) >= 11 is 0. The summed E-state index contributed by atoms with van der Waals surface area (Å²) in [4.78, 5) is 4.84. The van der Waals surface area contributed by atoms with Crippen LogP contribution in [0.5, 0.6) is 0 Å². The molecular formula is C27H16N2O. The Kier molecular flexibility index (Phi) is 3.00. The van der Waals surface area contributed by atoms with Crippen LogP contribution in [0.4, 0.5) is 0 Å². The fraction of sp³-hybridized carbons (Fsp3) is 0. The first-order valence-corrected chi connectivity index (χ1v) is 10.1. The Morgan fingerprint density at radius 3 is 2.27 bits per heavy atom. The van der Waals surface area contributed by atoms with Gasteiger partial charge in [-0.3, -0.25) is 4.98 Å². The van der Waals surface area contributed by atoms with E-state index >= 15 is 0 Å². The van der Waals surface area contributed by atoms with E-state index in [-0.39, 0.29) is 0 Å². The van der Waals surface area contributed by atoms with Crippen LogP contribution in [0.15, 0.2) is 102 Å². The topological polar surface area (TPSA) is 31.0 Å². The highest BCUT2D eigenvalue weighted by atomic mass is 16.3. The zero-order valence-corrected chi connectivity index (χ0v) is 16.0. The zero-order valence-electron chi connectivity index (χ0n) is 16.0. The molecule has 0 atom stereocenters. The molecule has 0 saturated carbocycles. The highest BCUT2D eigenvalue weighted by Crippen LogP contribution is 2.40. The van der Waals surface area contributed by atoms with Crippen molar-refractivity contribution in [3.05, 3.63) is 97.2 Å². The van der Waals surface area contributed by atoms with Crippen molar-refractivity contribution >= 4 is 54.6 Å².